The van der Waals surface area contributed by atoms with Crippen LogP contribution in [-0.4, -0.2) is 39.3 Å². The Labute approximate surface area is 89.2 Å². The fraction of sp³-hybridized carbons (Fsp3) is 0.714. The highest BCUT2D eigenvalue weighted by atomic mass is 127. The Hall–Kier alpha value is -0.530. The molecule has 1 saturated heterocycles. The number of carboxylic acid groups (broad SMARTS) is 1. The second-order valence-corrected chi connectivity index (χ2v) is 3.33. The lowest BCUT2D eigenvalue weighted by molar-refractivity contribution is -0.141. The maximum atomic E-state index is 11.2. The maximum absolute atomic E-state index is 11.2. The minimum absolute atomic E-state index is 0.249. The Balaban J connectivity index is 2.57. The van der Waals surface area contributed by atoms with Gasteiger partial charge in [0.15, 0.2) is 0 Å². The van der Waals surface area contributed by atoms with E-state index >= 15 is 0 Å². The lowest BCUT2D eigenvalue weighted by atomic mass is 10.2. The summed E-state index contributed by atoms with van der Waals surface area (Å²) in [6.45, 7) is 0.479. The monoisotopic (exact) mass is 299 g/mol. The second-order valence-electron chi connectivity index (χ2n) is 2.71. The highest BCUT2D eigenvalue weighted by Crippen LogP contribution is 2.18. The molecular weight excluding hydrogens is 289 g/mol. The molecule has 74 valence electrons. The van der Waals surface area contributed by atoms with Crippen LogP contribution in [0.15, 0.2) is 0 Å². The van der Waals surface area contributed by atoms with E-state index in [0.29, 0.717) is 13.0 Å². The van der Waals surface area contributed by atoms with Crippen LogP contribution in [0.25, 0.3) is 0 Å². The Morgan fingerprint density at radius 3 is 2.85 bits per heavy atom. The summed E-state index contributed by atoms with van der Waals surface area (Å²) in [6, 6.07) is -0.699. The third-order valence-corrected chi connectivity index (χ3v) is 2.26. The van der Waals surface area contributed by atoms with Crippen molar-refractivity contribution >= 4 is 34.7 Å². The molecule has 1 heterocycles. The van der Waals surface area contributed by atoms with Gasteiger partial charge >= 0.3 is 12.1 Å². The van der Waals surface area contributed by atoms with Gasteiger partial charge in [0.25, 0.3) is 0 Å². The molecule has 0 aliphatic carbocycles. The van der Waals surface area contributed by atoms with E-state index in [-0.39, 0.29) is 4.61 Å². The summed E-state index contributed by atoms with van der Waals surface area (Å²) in [5.41, 5.74) is 0. The first-order valence-electron chi connectivity index (χ1n) is 3.89. The van der Waals surface area contributed by atoms with Crippen LogP contribution >= 0.6 is 22.6 Å². The summed E-state index contributed by atoms with van der Waals surface area (Å²) in [6.07, 6.45) is 0.721. The fourth-order valence-corrected chi connectivity index (χ4v) is 1.64. The summed E-state index contributed by atoms with van der Waals surface area (Å²) < 4.78 is 4.97. The second kappa shape index (κ2) is 4.64. The number of ether oxygens (including phenoxy) is 1. The van der Waals surface area contributed by atoms with Gasteiger partial charge in [-0.3, -0.25) is 4.90 Å². The molecule has 0 bridgehead atoms. The van der Waals surface area contributed by atoms with E-state index in [2.05, 4.69) is 0 Å². The van der Waals surface area contributed by atoms with Crippen LogP contribution in [0.5, 0.6) is 0 Å². The number of aliphatic carboxylic acids is 1. The normalized spacial score (nSPS) is 21.6. The Morgan fingerprint density at radius 1 is 1.62 bits per heavy atom. The summed E-state index contributed by atoms with van der Waals surface area (Å²) >= 11 is 1.90. The first-order chi connectivity index (χ1) is 6.16. The average molecular weight is 299 g/mol. The van der Waals surface area contributed by atoms with Crippen LogP contribution in [0, 0.1) is 0 Å². The molecule has 1 atom stereocenters. The molecule has 0 spiro atoms. The van der Waals surface area contributed by atoms with Crippen molar-refractivity contribution in [2.45, 2.75) is 18.9 Å². The molecule has 0 radical (unpaired) electrons. The lowest BCUT2D eigenvalue weighted by Crippen LogP contribution is -2.40. The van der Waals surface area contributed by atoms with E-state index in [1.165, 1.54) is 4.90 Å². The first kappa shape index (κ1) is 10.6. The predicted molar refractivity (Wildman–Crippen MR) is 52.7 cm³/mol. The molecule has 0 aromatic heterocycles. The maximum Gasteiger partial charge on any atom is 0.411 e. The van der Waals surface area contributed by atoms with Gasteiger partial charge in [0, 0.05) is 6.54 Å². The Morgan fingerprint density at radius 2 is 2.31 bits per heavy atom. The molecule has 1 N–H and O–H groups in total. The quantitative estimate of drug-likeness (QED) is 0.612. The molecule has 13 heavy (non-hydrogen) atoms. The van der Waals surface area contributed by atoms with Crippen molar-refractivity contribution in [1.82, 2.24) is 4.90 Å². The van der Waals surface area contributed by atoms with Gasteiger partial charge in [-0.2, -0.15) is 0 Å². The van der Waals surface area contributed by atoms with Crippen LogP contribution in [0.2, 0.25) is 0 Å². The molecule has 1 amide bonds. The SMILES string of the molecule is O=C(O)[C@@H]1CCCN1C(=O)OCI. The number of likely N-dealkylation sites (tertiary alicyclic amines) is 1. The third-order valence-electron chi connectivity index (χ3n) is 1.95. The molecule has 1 aliphatic heterocycles. The topological polar surface area (TPSA) is 66.8 Å². The average Bonchev–Trinajstić information content (AvgIpc) is 2.52. The minimum atomic E-state index is -0.956. The van der Waals surface area contributed by atoms with Gasteiger partial charge in [-0.25, -0.2) is 9.59 Å². The first-order valence-corrected chi connectivity index (χ1v) is 5.41. The number of carboxylic acids is 1. The van der Waals surface area contributed by atoms with E-state index in [9.17, 15) is 9.59 Å². The van der Waals surface area contributed by atoms with Crippen LogP contribution in [-0.2, 0) is 9.53 Å². The van der Waals surface area contributed by atoms with E-state index in [0.717, 1.165) is 6.42 Å². The molecule has 0 aromatic carbocycles. The zero-order valence-corrected chi connectivity index (χ0v) is 9.06. The highest BCUT2D eigenvalue weighted by molar-refractivity contribution is 14.1. The third kappa shape index (κ3) is 2.45. The van der Waals surface area contributed by atoms with Gasteiger partial charge in [-0.15, -0.1) is 0 Å². The van der Waals surface area contributed by atoms with Gasteiger partial charge < -0.3 is 9.84 Å². The number of carbonyl (C=O) groups excluding carboxylic acids is 1. The summed E-state index contributed by atoms with van der Waals surface area (Å²) in [4.78, 5) is 23.1. The molecule has 0 saturated carbocycles. The van der Waals surface area contributed by atoms with Gasteiger partial charge in [-0.1, -0.05) is 0 Å². The van der Waals surface area contributed by atoms with Crippen LogP contribution in [0.1, 0.15) is 12.8 Å². The lowest BCUT2D eigenvalue weighted by Gasteiger charge is -2.19. The van der Waals surface area contributed by atoms with Crippen LogP contribution in [0.3, 0.4) is 0 Å². The van der Waals surface area contributed by atoms with Crippen molar-refractivity contribution in [3.8, 4) is 0 Å². The number of nitrogens with zero attached hydrogens (tertiary/aromatic N) is 1. The molecule has 1 rings (SSSR count). The number of halogens is 1. The summed E-state index contributed by atoms with van der Waals surface area (Å²) in [5.74, 6) is -0.956. The zero-order chi connectivity index (χ0) is 9.84. The molecule has 0 unspecified atom stereocenters. The van der Waals surface area contributed by atoms with Gasteiger partial charge in [-0.05, 0) is 35.4 Å². The van der Waals surface area contributed by atoms with E-state index in [1.807, 2.05) is 22.6 Å². The Bertz CT molecular complexity index is 221. The van der Waals surface area contributed by atoms with Crippen molar-refractivity contribution in [2.75, 3.05) is 11.2 Å². The fourth-order valence-electron chi connectivity index (χ4n) is 1.37. The van der Waals surface area contributed by atoms with E-state index in [1.54, 1.807) is 0 Å². The number of amides is 1. The van der Waals surface area contributed by atoms with Crippen LogP contribution < -0.4 is 0 Å². The van der Waals surface area contributed by atoms with E-state index < -0.39 is 18.1 Å². The molecule has 6 heteroatoms. The van der Waals surface area contributed by atoms with E-state index in [4.69, 9.17) is 9.84 Å². The molecule has 1 aliphatic rings. The van der Waals surface area contributed by atoms with Crippen molar-refractivity contribution in [1.29, 1.82) is 0 Å². The largest absolute Gasteiger partial charge is 0.480 e. The number of alkyl halides is 1. The standard InChI is InChI=1S/C7H10INO4/c8-4-13-7(12)9-3-1-2-5(9)6(10)11/h5H,1-4H2,(H,10,11)/t5-/m0/s1. The van der Waals surface area contributed by atoms with Gasteiger partial charge in [0.2, 0.25) is 0 Å². The smallest absolute Gasteiger partial charge is 0.411 e. The highest BCUT2D eigenvalue weighted by Gasteiger charge is 2.34. The minimum Gasteiger partial charge on any atom is -0.480 e. The van der Waals surface area contributed by atoms with Crippen molar-refractivity contribution in [3.63, 3.8) is 0 Å². The van der Waals surface area contributed by atoms with Crippen molar-refractivity contribution in [3.05, 3.63) is 0 Å². The molecule has 5 nitrogen and oxygen atoms in total. The number of carbonyl (C=O) groups is 2. The molecule has 0 aromatic rings. The number of rotatable bonds is 2. The number of hydrogen-bond donors (Lipinski definition) is 1. The zero-order valence-electron chi connectivity index (χ0n) is 6.90. The predicted octanol–water partition coefficient (Wildman–Crippen LogP) is 1.06. The van der Waals surface area contributed by atoms with Crippen molar-refractivity contribution in [2.24, 2.45) is 0 Å². The molecule has 1 fully saturated rings. The van der Waals surface area contributed by atoms with Crippen molar-refractivity contribution < 1.29 is 19.4 Å². The molecular formula is C7H10INO4. The Kier molecular flexibility index (Phi) is 3.76. The summed E-state index contributed by atoms with van der Waals surface area (Å²) in [7, 11) is 0. The van der Waals surface area contributed by atoms with Gasteiger partial charge in [0.1, 0.15) is 10.7 Å². The summed E-state index contributed by atoms with van der Waals surface area (Å²) in [5, 5.41) is 8.75. The van der Waals surface area contributed by atoms with Gasteiger partial charge in [0.05, 0.1) is 0 Å². The number of hydrogen-bond acceptors (Lipinski definition) is 3. The van der Waals surface area contributed by atoms with Crippen LogP contribution in [0.4, 0.5) is 4.79 Å².